The zero-order valence-electron chi connectivity index (χ0n) is 10.0. The third-order valence-electron chi connectivity index (χ3n) is 3.60. The SMILES string of the molecule is CCC(CC)CNC(=O)CC1(N)CCC1. The molecular formula is C12H24N2O. The monoisotopic (exact) mass is 212 g/mol. The maximum Gasteiger partial charge on any atom is 0.221 e. The van der Waals surface area contributed by atoms with Crippen LogP contribution < -0.4 is 11.1 Å². The summed E-state index contributed by atoms with van der Waals surface area (Å²) in [5.41, 5.74) is 5.83. The Morgan fingerprint density at radius 1 is 1.40 bits per heavy atom. The maximum atomic E-state index is 11.6. The second-order valence-electron chi connectivity index (χ2n) is 4.88. The first kappa shape index (κ1) is 12.5. The van der Waals surface area contributed by atoms with Crippen molar-refractivity contribution in [1.29, 1.82) is 0 Å². The number of hydrogen-bond acceptors (Lipinski definition) is 2. The first-order chi connectivity index (χ1) is 7.09. The lowest BCUT2D eigenvalue weighted by Crippen LogP contribution is -2.50. The van der Waals surface area contributed by atoms with Gasteiger partial charge in [0, 0.05) is 18.5 Å². The van der Waals surface area contributed by atoms with Crippen molar-refractivity contribution in [2.24, 2.45) is 11.7 Å². The minimum absolute atomic E-state index is 0.129. The Morgan fingerprint density at radius 2 is 2.00 bits per heavy atom. The van der Waals surface area contributed by atoms with Gasteiger partial charge in [0.2, 0.25) is 5.91 Å². The van der Waals surface area contributed by atoms with Crippen LogP contribution in [-0.2, 0) is 4.79 Å². The molecular weight excluding hydrogens is 188 g/mol. The van der Waals surface area contributed by atoms with Crippen molar-refractivity contribution in [2.75, 3.05) is 6.54 Å². The Bertz CT molecular complexity index is 208. The van der Waals surface area contributed by atoms with E-state index < -0.39 is 0 Å². The average molecular weight is 212 g/mol. The van der Waals surface area contributed by atoms with E-state index in [1.165, 1.54) is 6.42 Å². The van der Waals surface area contributed by atoms with Gasteiger partial charge in [-0.25, -0.2) is 0 Å². The fraction of sp³-hybridized carbons (Fsp3) is 0.917. The van der Waals surface area contributed by atoms with Gasteiger partial charge >= 0.3 is 0 Å². The molecule has 0 aromatic rings. The van der Waals surface area contributed by atoms with Crippen LogP contribution in [0.3, 0.4) is 0 Å². The number of hydrogen-bond donors (Lipinski definition) is 2. The Hall–Kier alpha value is -0.570. The van der Waals surface area contributed by atoms with Crippen LogP contribution in [0.15, 0.2) is 0 Å². The van der Waals surface area contributed by atoms with E-state index >= 15 is 0 Å². The Labute approximate surface area is 92.8 Å². The van der Waals surface area contributed by atoms with Gasteiger partial charge in [-0.05, 0) is 25.2 Å². The topological polar surface area (TPSA) is 55.1 Å². The highest BCUT2D eigenvalue weighted by Crippen LogP contribution is 2.31. The van der Waals surface area contributed by atoms with Crippen molar-refractivity contribution in [1.82, 2.24) is 5.32 Å². The third-order valence-corrected chi connectivity index (χ3v) is 3.60. The molecule has 0 radical (unpaired) electrons. The van der Waals surface area contributed by atoms with Crippen LogP contribution in [0.1, 0.15) is 52.4 Å². The van der Waals surface area contributed by atoms with Gasteiger partial charge in [-0.15, -0.1) is 0 Å². The summed E-state index contributed by atoms with van der Waals surface area (Å²) in [6.45, 7) is 5.13. The van der Waals surface area contributed by atoms with Crippen LogP contribution in [0.5, 0.6) is 0 Å². The molecule has 3 N–H and O–H groups in total. The molecule has 1 fully saturated rings. The number of nitrogens with one attached hydrogen (secondary N) is 1. The van der Waals surface area contributed by atoms with Crippen LogP contribution in [0, 0.1) is 5.92 Å². The van der Waals surface area contributed by atoms with Gasteiger partial charge in [0.15, 0.2) is 0 Å². The zero-order chi connectivity index (χ0) is 11.3. The van der Waals surface area contributed by atoms with Crippen molar-refractivity contribution < 1.29 is 4.79 Å². The average Bonchev–Trinajstić information content (AvgIpc) is 2.17. The standard InChI is InChI=1S/C12H24N2O/c1-3-10(4-2)9-14-11(15)8-12(13)6-5-7-12/h10H,3-9,13H2,1-2H3,(H,14,15). The van der Waals surface area contributed by atoms with Crippen LogP contribution in [-0.4, -0.2) is 18.0 Å². The lowest BCUT2D eigenvalue weighted by Gasteiger charge is -2.37. The highest BCUT2D eigenvalue weighted by atomic mass is 16.1. The largest absolute Gasteiger partial charge is 0.356 e. The quantitative estimate of drug-likeness (QED) is 0.705. The number of amides is 1. The molecule has 88 valence electrons. The number of carbonyl (C=O) groups is 1. The molecule has 0 bridgehead atoms. The highest BCUT2D eigenvalue weighted by Gasteiger charge is 2.34. The van der Waals surface area contributed by atoms with Crippen molar-refractivity contribution >= 4 is 5.91 Å². The molecule has 3 heteroatoms. The molecule has 1 aliphatic carbocycles. The van der Waals surface area contributed by atoms with Gasteiger partial charge in [0.25, 0.3) is 0 Å². The van der Waals surface area contributed by atoms with E-state index in [4.69, 9.17) is 5.73 Å². The zero-order valence-corrected chi connectivity index (χ0v) is 10.0. The van der Waals surface area contributed by atoms with Crippen LogP contribution in [0.25, 0.3) is 0 Å². The molecule has 0 atom stereocenters. The summed E-state index contributed by atoms with van der Waals surface area (Å²) < 4.78 is 0. The molecule has 1 amide bonds. The molecule has 0 spiro atoms. The summed E-state index contributed by atoms with van der Waals surface area (Å²) in [6, 6.07) is 0. The predicted octanol–water partition coefficient (Wildman–Crippen LogP) is 1.81. The lowest BCUT2D eigenvalue weighted by atomic mass is 9.75. The lowest BCUT2D eigenvalue weighted by molar-refractivity contribution is -0.123. The summed E-state index contributed by atoms with van der Waals surface area (Å²) in [5, 5.41) is 2.99. The van der Waals surface area contributed by atoms with Crippen molar-refractivity contribution in [3.63, 3.8) is 0 Å². The first-order valence-electron chi connectivity index (χ1n) is 6.15. The summed E-state index contributed by atoms with van der Waals surface area (Å²) in [6.07, 6.45) is 5.95. The highest BCUT2D eigenvalue weighted by molar-refractivity contribution is 5.77. The van der Waals surface area contributed by atoms with E-state index in [9.17, 15) is 4.79 Å². The predicted molar refractivity (Wildman–Crippen MR) is 62.5 cm³/mol. The Morgan fingerprint density at radius 3 is 2.40 bits per heavy atom. The molecule has 0 saturated heterocycles. The second-order valence-corrected chi connectivity index (χ2v) is 4.88. The molecule has 0 unspecified atom stereocenters. The summed E-state index contributed by atoms with van der Waals surface area (Å²) in [4.78, 5) is 11.6. The van der Waals surface area contributed by atoms with Gasteiger partial charge < -0.3 is 11.1 Å². The minimum atomic E-state index is -0.183. The van der Waals surface area contributed by atoms with Crippen LogP contribution >= 0.6 is 0 Å². The first-order valence-corrected chi connectivity index (χ1v) is 6.15. The third kappa shape index (κ3) is 3.82. The Balaban J connectivity index is 2.18. The van der Waals surface area contributed by atoms with Crippen molar-refractivity contribution in [3.05, 3.63) is 0 Å². The maximum absolute atomic E-state index is 11.6. The second kappa shape index (κ2) is 5.50. The molecule has 0 heterocycles. The minimum Gasteiger partial charge on any atom is -0.356 e. The normalized spacial score (nSPS) is 18.7. The van der Waals surface area contributed by atoms with E-state index in [1.807, 2.05) is 0 Å². The fourth-order valence-corrected chi connectivity index (χ4v) is 2.03. The molecule has 15 heavy (non-hydrogen) atoms. The smallest absolute Gasteiger partial charge is 0.221 e. The van der Waals surface area contributed by atoms with Gasteiger partial charge in [-0.3, -0.25) is 4.79 Å². The van der Waals surface area contributed by atoms with Gasteiger partial charge in [-0.2, -0.15) is 0 Å². The van der Waals surface area contributed by atoms with Crippen molar-refractivity contribution in [3.8, 4) is 0 Å². The van der Waals surface area contributed by atoms with Crippen molar-refractivity contribution in [2.45, 2.75) is 57.9 Å². The van der Waals surface area contributed by atoms with E-state index in [1.54, 1.807) is 0 Å². The molecule has 1 rings (SSSR count). The summed E-state index contributed by atoms with van der Waals surface area (Å²) >= 11 is 0. The van der Waals surface area contributed by atoms with Gasteiger partial charge in [0.1, 0.15) is 0 Å². The summed E-state index contributed by atoms with van der Waals surface area (Å²) in [5.74, 6) is 0.744. The molecule has 0 aromatic carbocycles. The van der Waals surface area contributed by atoms with Crippen LogP contribution in [0.4, 0.5) is 0 Å². The number of nitrogens with two attached hydrogens (primary N) is 1. The Kier molecular flexibility index (Phi) is 4.58. The van der Waals surface area contributed by atoms with Gasteiger partial charge in [-0.1, -0.05) is 26.7 Å². The van der Waals surface area contributed by atoms with E-state index in [0.29, 0.717) is 12.3 Å². The molecule has 1 aliphatic rings. The molecule has 0 aromatic heterocycles. The van der Waals surface area contributed by atoms with Crippen LogP contribution in [0.2, 0.25) is 0 Å². The molecule has 3 nitrogen and oxygen atoms in total. The van der Waals surface area contributed by atoms with E-state index in [2.05, 4.69) is 19.2 Å². The van der Waals surface area contributed by atoms with E-state index in [0.717, 1.165) is 32.2 Å². The van der Waals surface area contributed by atoms with Gasteiger partial charge in [0.05, 0.1) is 0 Å². The molecule has 0 aliphatic heterocycles. The molecule has 1 saturated carbocycles. The number of carbonyl (C=O) groups excluding carboxylic acids is 1. The number of rotatable bonds is 6. The van der Waals surface area contributed by atoms with E-state index in [-0.39, 0.29) is 11.4 Å². The summed E-state index contributed by atoms with van der Waals surface area (Å²) in [7, 11) is 0. The fourth-order valence-electron chi connectivity index (χ4n) is 2.03.